The van der Waals surface area contributed by atoms with Crippen LogP contribution in [0, 0.1) is 23.7 Å². The third-order valence-corrected chi connectivity index (χ3v) is 6.32. The molecule has 0 unspecified atom stereocenters. The first-order chi connectivity index (χ1) is 9.37. The van der Waals surface area contributed by atoms with Crippen molar-refractivity contribution in [1.29, 1.82) is 0 Å². The number of hydrogen-bond donors (Lipinski definition) is 1. The topological polar surface area (TPSA) is 25.2 Å². The molecule has 102 valence electrons. The van der Waals surface area contributed by atoms with Crippen molar-refractivity contribution < 1.29 is 4.42 Å². The van der Waals surface area contributed by atoms with Crippen molar-refractivity contribution in [2.75, 3.05) is 6.54 Å². The predicted molar refractivity (Wildman–Crippen MR) is 73.9 cm³/mol. The summed E-state index contributed by atoms with van der Waals surface area (Å²) in [5.41, 5.74) is 1.44. The Labute approximate surface area is 114 Å². The van der Waals surface area contributed by atoms with Gasteiger partial charge in [0.25, 0.3) is 0 Å². The van der Waals surface area contributed by atoms with Gasteiger partial charge in [0.2, 0.25) is 0 Å². The van der Waals surface area contributed by atoms with Gasteiger partial charge in [-0.2, -0.15) is 0 Å². The highest BCUT2D eigenvalue weighted by molar-refractivity contribution is 5.27. The van der Waals surface area contributed by atoms with Crippen LogP contribution in [-0.4, -0.2) is 6.54 Å². The molecule has 4 aliphatic carbocycles. The van der Waals surface area contributed by atoms with Gasteiger partial charge in [-0.25, -0.2) is 0 Å². The van der Waals surface area contributed by atoms with E-state index in [2.05, 4.69) is 11.4 Å². The first-order valence-corrected chi connectivity index (χ1v) is 8.19. The molecule has 4 fully saturated rings. The van der Waals surface area contributed by atoms with Gasteiger partial charge in [0.1, 0.15) is 11.5 Å². The van der Waals surface area contributed by atoms with Crippen LogP contribution in [0.25, 0.3) is 0 Å². The second-order valence-corrected chi connectivity index (χ2v) is 7.48. The van der Waals surface area contributed by atoms with Crippen LogP contribution in [0.15, 0.2) is 10.5 Å². The molecule has 0 aromatic carbocycles. The molecule has 19 heavy (non-hydrogen) atoms. The van der Waals surface area contributed by atoms with Gasteiger partial charge in [-0.05, 0) is 61.8 Å². The number of rotatable bonds is 1. The summed E-state index contributed by atoms with van der Waals surface area (Å²) in [5, 5.41) is 3.46. The normalized spacial score (nSPS) is 43.5. The second kappa shape index (κ2) is 3.88. The summed E-state index contributed by atoms with van der Waals surface area (Å²) in [4.78, 5) is 0. The van der Waals surface area contributed by atoms with Crippen molar-refractivity contribution in [1.82, 2.24) is 5.32 Å². The Kier molecular flexibility index (Phi) is 2.24. The van der Waals surface area contributed by atoms with E-state index in [-0.39, 0.29) is 0 Å². The number of fused-ring (bicyclic) bond motifs is 1. The SMILES string of the molecule is c1c(C2C3CC4CC(C3)CC2C4)oc2c1CNCC2. The monoisotopic (exact) mass is 257 g/mol. The number of furan rings is 1. The first kappa shape index (κ1) is 11.0. The maximum atomic E-state index is 6.29. The van der Waals surface area contributed by atoms with E-state index in [0.29, 0.717) is 0 Å². The molecule has 0 spiro atoms. The van der Waals surface area contributed by atoms with E-state index in [1.165, 1.54) is 49.2 Å². The Morgan fingerprint density at radius 3 is 2.42 bits per heavy atom. The minimum atomic E-state index is 0.762. The van der Waals surface area contributed by atoms with E-state index in [1.807, 2.05) is 0 Å². The maximum absolute atomic E-state index is 6.29. The molecule has 4 bridgehead atoms. The minimum absolute atomic E-state index is 0.762. The number of nitrogens with one attached hydrogen (secondary N) is 1. The van der Waals surface area contributed by atoms with Crippen molar-refractivity contribution in [3.05, 3.63) is 23.2 Å². The van der Waals surface area contributed by atoms with Crippen molar-refractivity contribution >= 4 is 0 Å². The molecule has 2 nitrogen and oxygen atoms in total. The summed E-state index contributed by atoms with van der Waals surface area (Å²) in [6.45, 7) is 2.10. The fourth-order valence-corrected chi connectivity index (χ4v) is 5.83. The number of hydrogen-bond acceptors (Lipinski definition) is 2. The van der Waals surface area contributed by atoms with Crippen LogP contribution in [0.3, 0.4) is 0 Å². The van der Waals surface area contributed by atoms with Gasteiger partial charge in [0.05, 0.1) is 0 Å². The van der Waals surface area contributed by atoms with E-state index >= 15 is 0 Å². The fourth-order valence-electron chi connectivity index (χ4n) is 5.83. The summed E-state index contributed by atoms with van der Waals surface area (Å²) in [7, 11) is 0. The predicted octanol–water partition coefficient (Wildman–Crippen LogP) is 3.47. The van der Waals surface area contributed by atoms with E-state index < -0.39 is 0 Å². The van der Waals surface area contributed by atoms with Crippen molar-refractivity contribution in [2.24, 2.45) is 23.7 Å². The molecule has 0 atom stereocenters. The Morgan fingerprint density at radius 2 is 1.74 bits per heavy atom. The highest BCUT2D eigenvalue weighted by Crippen LogP contribution is 2.60. The smallest absolute Gasteiger partial charge is 0.109 e. The van der Waals surface area contributed by atoms with Crippen LogP contribution in [-0.2, 0) is 13.0 Å². The third-order valence-electron chi connectivity index (χ3n) is 6.32. The van der Waals surface area contributed by atoms with E-state index in [1.54, 1.807) is 0 Å². The Balaban J connectivity index is 1.50. The van der Waals surface area contributed by atoms with Crippen LogP contribution < -0.4 is 5.32 Å². The molecule has 0 radical (unpaired) electrons. The van der Waals surface area contributed by atoms with Crippen molar-refractivity contribution in [3.63, 3.8) is 0 Å². The molecule has 0 amide bonds. The van der Waals surface area contributed by atoms with Gasteiger partial charge in [0.15, 0.2) is 0 Å². The standard InChI is InChI=1S/C17H23NO/c1-2-18-9-14-8-16(19-15(1)14)17-12-4-10-3-11(6-12)7-13(17)5-10/h8,10-13,17-18H,1-7,9H2. The molecule has 4 saturated carbocycles. The van der Waals surface area contributed by atoms with Gasteiger partial charge in [-0.1, -0.05) is 0 Å². The largest absolute Gasteiger partial charge is 0.465 e. The lowest BCUT2D eigenvalue weighted by Crippen LogP contribution is -2.43. The maximum Gasteiger partial charge on any atom is 0.109 e. The first-order valence-electron chi connectivity index (χ1n) is 8.19. The highest BCUT2D eigenvalue weighted by atomic mass is 16.3. The van der Waals surface area contributed by atoms with E-state index in [4.69, 9.17) is 4.42 Å². The molecule has 6 rings (SSSR count). The van der Waals surface area contributed by atoms with Gasteiger partial charge < -0.3 is 9.73 Å². The molecule has 2 heterocycles. The van der Waals surface area contributed by atoms with Crippen LogP contribution >= 0.6 is 0 Å². The minimum Gasteiger partial charge on any atom is -0.465 e. The summed E-state index contributed by atoms with van der Waals surface area (Å²) in [5.74, 6) is 7.40. The zero-order chi connectivity index (χ0) is 12.4. The average Bonchev–Trinajstić information content (AvgIpc) is 2.80. The highest BCUT2D eigenvalue weighted by Gasteiger charge is 2.49. The van der Waals surface area contributed by atoms with Gasteiger partial charge >= 0.3 is 0 Å². The molecule has 1 aromatic rings. The molecule has 1 aromatic heterocycles. The second-order valence-electron chi connectivity index (χ2n) is 7.48. The molecule has 2 heteroatoms. The zero-order valence-corrected chi connectivity index (χ0v) is 11.5. The van der Waals surface area contributed by atoms with Gasteiger partial charge in [-0.15, -0.1) is 0 Å². The molecule has 0 saturated heterocycles. The molecule has 1 aliphatic heterocycles. The van der Waals surface area contributed by atoms with Crippen LogP contribution in [0.5, 0.6) is 0 Å². The van der Waals surface area contributed by atoms with Crippen LogP contribution in [0.1, 0.15) is 55.1 Å². The Hall–Kier alpha value is -0.760. The van der Waals surface area contributed by atoms with Crippen LogP contribution in [0.4, 0.5) is 0 Å². The lowest BCUT2D eigenvalue weighted by molar-refractivity contribution is -0.00991. The molecular formula is C17H23NO. The lowest BCUT2D eigenvalue weighted by atomic mass is 9.51. The summed E-state index contributed by atoms with van der Waals surface area (Å²) >= 11 is 0. The fraction of sp³-hybridized carbons (Fsp3) is 0.765. The van der Waals surface area contributed by atoms with Crippen molar-refractivity contribution in [2.45, 2.75) is 51.0 Å². The van der Waals surface area contributed by atoms with E-state index in [0.717, 1.165) is 49.1 Å². The lowest BCUT2D eigenvalue weighted by Gasteiger charge is -2.53. The van der Waals surface area contributed by atoms with Gasteiger partial charge in [-0.3, -0.25) is 0 Å². The Morgan fingerprint density at radius 1 is 1.00 bits per heavy atom. The summed E-state index contributed by atoms with van der Waals surface area (Å²) in [6.07, 6.45) is 8.58. The average molecular weight is 257 g/mol. The molecule has 5 aliphatic rings. The molecular weight excluding hydrogens is 234 g/mol. The summed E-state index contributed by atoms with van der Waals surface area (Å²) < 4.78 is 6.29. The van der Waals surface area contributed by atoms with Gasteiger partial charge in [0, 0.05) is 31.0 Å². The molecule has 1 N–H and O–H groups in total. The quantitative estimate of drug-likeness (QED) is 0.833. The summed E-state index contributed by atoms with van der Waals surface area (Å²) in [6, 6.07) is 2.40. The zero-order valence-electron chi connectivity index (χ0n) is 11.5. The third kappa shape index (κ3) is 1.59. The Bertz CT molecular complexity index is 452. The van der Waals surface area contributed by atoms with Crippen LogP contribution in [0.2, 0.25) is 0 Å². The van der Waals surface area contributed by atoms with E-state index in [9.17, 15) is 0 Å². The van der Waals surface area contributed by atoms with Crippen molar-refractivity contribution in [3.8, 4) is 0 Å².